The fraction of sp³-hybridized carbons (Fsp3) is 0.800. The average Bonchev–Trinajstić information content (AvgIpc) is 1.79. The molecule has 0 spiro atoms. The van der Waals surface area contributed by atoms with Crippen LogP contribution in [0.3, 0.4) is 0 Å². The van der Waals surface area contributed by atoms with Crippen LogP contribution in [0.25, 0.3) is 0 Å². The molecule has 1 nitrogen and oxygen atoms in total. The molecule has 0 aromatic rings. The molecule has 11 heavy (non-hydrogen) atoms. The Balaban J connectivity index is 2.10. The van der Waals surface area contributed by atoms with Gasteiger partial charge < -0.3 is 5.11 Å². The quantitative estimate of drug-likeness (QED) is 0.528. The monoisotopic (exact) mass is 152 g/mol. The fourth-order valence-electron chi connectivity index (χ4n) is 2.52. The molecule has 0 aromatic carbocycles. The molecule has 0 heterocycles. The van der Waals surface area contributed by atoms with Crippen molar-refractivity contribution in [3.05, 3.63) is 11.6 Å². The summed E-state index contributed by atoms with van der Waals surface area (Å²) in [5, 5.41) is 9.88. The van der Waals surface area contributed by atoms with Crippen molar-refractivity contribution in [1.82, 2.24) is 0 Å². The molecule has 0 saturated heterocycles. The molecule has 3 rings (SSSR count). The van der Waals surface area contributed by atoms with Crippen LogP contribution in [0.15, 0.2) is 11.6 Å². The molecule has 0 unspecified atom stereocenters. The van der Waals surface area contributed by atoms with Crippen LogP contribution in [0, 0.1) is 5.92 Å². The smallest absolute Gasteiger partial charge is 0.0689 e. The lowest BCUT2D eigenvalue weighted by Crippen LogP contribution is -2.44. The summed E-state index contributed by atoms with van der Waals surface area (Å²) in [7, 11) is 0. The van der Waals surface area contributed by atoms with Gasteiger partial charge in [0.1, 0.15) is 0 Å². The van der Waals surface area contributed by atoms with Gasteiger partial charge in [0.05, 0.1) is 5.60 Å². The van der Waals surface area contributed by atoms with E-state index < -0.39 is 0 Å². The Bertz CT molecular complexity index is 187. The first-order valence-electron chi connectivity index (χ1n) is 4.56. The third-order valence-corrected chi connectivity index (χ3v) is 3.01. The average molecular weight is 152 g/mol. The molecule has 0 atom stereocenters. The first-order chi connectivity index (χ1) is 5.18. The molecule has 1 N–H and O–H groups in total. The van der Waals surface area contributed by atoms with Crippen LogP contribution in [0.4, 0.5) is 0 Å². The van der Waals surface area contributed by atoms with E-state index in [2.05, 4.69) is 13.0 Å². The molecule has 3 aliphatic carbocycles. The van der Waals surface area contributed by atoms with Crippen molar-refractivity contribution in [1.29, 1.82) is 0 Å². The van der Waals surface area contributed by atoms with Gasteiger partial charge in [-0.3, -0.25) is 0 Å². The summed E-state index contributed by atoms with van der Waals surface area (Å²) in [5.74, 6) is 0.823. The Morgan fingerprint density at radius 1 is 1.55 bits per heavy atom. The van der Waals surface area contributed by atoms with Crippen molar-refractivity contribution in [3.63, 3.8) is 0 Å². The van der Waals surface area contributed by atoms with E-state index in [0.29, 0.717) is 0 Å². The predicted octanol–water partition coefficient (Wildman–Crippen LogP) is 2.26. The predicted molar refractivity (Wildman–Crippen MR) is 45.3 cm³/mol. The molecule has 1 heteroatoms. The van der Waals surface area contributed by atoms with E-state index in [1.165, 1.54) is 18.4 Å². The number of hydrogen-bond acceptors (Lipinski definition) is 1. The van der Waals surface area contributed by atoms with E-state index in [4.69, 9.17) is 0 Å². The molecule has 1 saturated carbocycles. The summed E-state index contributed by atoms with van der Waals surface area (Å²) in [6, 6.07) is 0. The number of hydrogen-bond donors (Lipinski definition) is 1. The SMILES string of the molecule is C/C1=C/CCC2CC(O)(C1)C2. The standard InChI is InChI=1S/C10H16O/c1-8-3-2-4-9-6-10(11,5-8)7-9/h3,9,11H,2,4-7H2,1H3/b8-3-. The van der Waals surface area contributed by atoms with Crippen molar-refractivity contribution in [2.24, 2.45) is 5.92 Å². The third-order valence-electron chi connectivity index (χ3n) is 3.01. The Morgan fingerprint density at radius 3 is 3.00 bits per heavy atom. The van der Waals surface area contributed by atoms with E-state index in [1.807, 2.05) is 0 Å². The van der Waals surface area contributed by atoms with Crippen LogP contribution in [0.1, 0.15) is 39.0 Å². The van der Waals surface area contributed by atoms with Gasteiger partial charge in [0.2, 0.25) is 0 Å². The van der Waals surface area contributed by atoms with E-state index in [9.17, 15) is 5.11 Å². The van der Waals surface area contributed by atoms with Gasteiger partial charge in [-0.25, -0.2) is 0 Å². The fourth-order valence-corrected chi connectivity index (χ4v) is 2.52. The van der Waals surface area contributed by atoms with Crippen LogP contribution >= 0.6 is 0 Å². The van der Waals surface area contributed by atoms with E-state index in [0.717, 1.165) is 25.2 Å². The van der Waals surface area contributed by atoms with Gasteiger partial charge in [0, 0.05) is 0 Å². The molecule has 62 valence electrons. The zero-order valence-electron chi connectivity index (χ0n) is 7.14. The third kappa shape index (κ3) is 1.34. The lowest BCUT2D eigenvalue weighted by molar-refractivity contribution is -0.0761. The Morgan fingerprint density at radius 2 is 2.27 bits per heavy atom. The molecule has 1 fully saturated rings. The lowest BCUT2D eigenvalue weighted by Gasteiger charge is -2.45. The Labute approximate surface area is 68.1 Å². The molecule has 2 bridgehead atoms. The largest absolute Gasteiger partial charge is 0.390 e. The summed E-state index contributed by atoms with van der Waals surface area (Å²) in [5.41, 5.74) is 1.08. The summed E-state index contributed by atoms with van der Waals surface area (Å²) < 4.78 is 0. The zero-order chi connectivity index (χ0) is 7.90. The minimum atomic E-state index is -0.300. The van der Waals surface area contributed by atoms with Gasteiger partial charge in [-0.15, -0.1) is 0 Å². The van der Waals surface area contributed by atoms with Crippen molar-refractivity contribution in [3.8, 4) is 0 Å². The zero-order valence-corrected chi connectivity index (χ0v) is 7.14. The van der Waals surface area contributed by atoms with Gasteiger partial charge in [0.25, 0.3) is 0 Å². The minimum Gasteiger partial charge on any atom is -0.390 e. The van der Waals surface area contributed by atoms with Gasteiger partial charge in [-0.1, -0.05) is 11.6 Å². The number of allylic oxidation sites excluding steroid dienone is 1. The van der Waals surface area contributed by atoms with Crippen LogP contribution < -0.4 is 0 Å². The summed E-state index contributed by atoms with van der Waals surface area (Å²) >= 11 is 0. The second kappa shape index (κ2) is 2.34. The van der Waals surface area contributed by atoms with Gasteiger partial charge in [0.15, 0.2) is 0 Å². The molecule has 0 radical (unpaired) electrons. The van der Waals surface area contributed by atoms with Gasteiger partial charge in [-0.05, 0) is 44.9 Å². The molecular formula is C10H16O. The maximum Gasteiger partial charge on any atom is 0.0689 e. The Hall–Kier alpha value is -0.300. The Kier molecular flexibility index (Phi) is 1.57. The lowest BCUT2D eigenvalue weighted by atomic mass is 9.65. The van der Waals surface area contributed by atoms with E-state index in [1.54, 1.807) is 0 Å². The van der Waals surface area contributed by atoms with Crippen LogP contribution in [0.2, 0.25) is 0 Å². The molecule has 3 aliphatic rings. The first-order valence-corrected chi connectivity index (χ1v) is 4.56. The van der Waals surface area contributed by atoms with E-state index in [-0.39, 0.29) is 5.60 Å². The summed E-state index contributed by atoms with van der Waals surface area (Å²) in [4.78, 5) is 0. The van der Waals surface area contributed by atoms with Crippen molar-refractivity contribution < 1.29 is 5.11 Å². The molecule has 0 aromatic heterocycles. The van der Waals surface area contributed by atoms with Crippen molar-refractivity contribution in [2.75, 3.05) is 0 Å². The van der Waals surface area contributed by atoms with Crippen LogP contribution in [0.5, 0.6) is 0 Å². The van der Waals surface area contributed by atoms with E-state index >= 15 is 0 Å². The number of fused-ring (bicyclic) bond motifs is 3. The topological polar surface area (TPSA) is 20.2 Å². The summed E-state index contributed by atoms with van der Waals surface area (Å²) in [6.45, 7) is 2.14. The van der Waals surface area contributed by atoms with Crippen molar-refractivity contribution in [2.45, 2.75) is 44.6 Å². The maximum absolute atomic E-state index is 9.88. The normalized spacial score (nSPS) is 48.2. The van der Waals surface area contributed by atoms with Crippen molar-refractivity contribution >= 4 is 0 Å². The highest BCUT2D eigenvalue weighted by atomic mass is 16.3. The van der Waals surface area contributed by atoms with Gasteiger partial charge in [-0.2, -0.15) is 0 Å². The highest BCUT2D eigenvalue weighted by Gasteiger charge is 2.42. The maximum atomic E-state index is 9.88. The number of aliphatic hydroxyl groups is 1. The number of rotatable bonds is 0. The molecule has 0 amide bonds. The highest BCUT2D eigenvalue weighted by molar-refractivity contribution is 5.10. The second-order valence-electron chi connectivity index (χ2n) is 4.30. The van der Waals surface area contributed by atoms with Crippen LogP contribution in [-0.4, -0.2) is 10.7 Å². The molecule has 0 aliphatic heterocycles. The van der Waals surface area contributed by atoms with Crippen LogP contribution in [-0.2, 0) is 0 Å². The second-order valence-corrected chi connectivity index (χ2v) is 4.30. The first kappa shape index (κ1) is 7.35. The summed E-state index contributed by atoms with van der Waals surface area (Å²) in [6.07, 6.45) is 7.84. The van der Waals surface area contributed by atoms with Gasteiger partial charge >= 0.3 is 0 Å². The molecular weight excluding hydrogens is 136 g/mol. The minimum absolute atomic E-state index is 0.300. The highest BCUT2D eigenvalue weighted by Crippen LogP contribution is 2.45.